The molecule has 148 valence electrons. The van der Waals surface area contributed by atoms with Crippen molar-refractivity contribution in [3.8, 4) is 11.5 Å². The van der Waals surface area contributed by atoms with Crippen LogP contribution in [0, 0.1) is 0 Å². The number of para-hydroxylation sites is 2. The van der Waals surface area contributed by atoms with Gasteiger partial charge in [-0.25, -0.2) is 4.98 Å². The van der Waals surface area contributed by atoms with Crippen molar-refractivity contribution in [1.82, 2.24) is 9.97 Å². The van der Waals surface area contributed by atoms with Crippen molar-refractivity contribution in [2.75, 3.05) is 24.9 Å². The van der Waals surface area contributed by atoms with E-state index in [2.05, 4.69) is 20.6 Å². The maximum atomic E-state index is 5.37. The molecule has 0 bridgehead atoms. The molecule has 4 aromatic rings. The van der Waals surface area contributed by atoms with Gasteiger partial charge in [0, 0.05) is 22.8 Å². The van der Waals surface area contributed by atoms with Gasteiger partial charge < -0.3 is 20.1 Å². The number of anilines is 4. The Morgan fingerprint density at radius 2 is 1.41 bits per heavy atom. The highest BCUT2D eigenvalue weighted by Crippen LogP contribution is 2.31. The van der Waals surface area contributed by atoms with Crippen LogP contribution in [0.5, 0.6) is 11.5 Å². The third-order valence-corrected chi connectivity index (χ3v) is 4.28. The number of rotatable bonds is 6. The molecular formula is C22H21ClN4O2. The molecular weight excluding hydrogens is 388 g/mol. The van der Waals surface area contributed by atoms with Gasteiger partial charge in [-0.2, -0.15) is 4.98 Å². The van der Waals surface area contributed by atoms with Crippen LogP contribution in [-0.4, -0.2) is 24.2 Å². The lowest BCUT2D eigenvalue weighted by atomic mass is 10.2. The van der Waals surface area contributed by atoms with Gasteiger partial charge in [0.1, 0.15) is 5.82 Å². The van der Waals surface area contributed by atoms with E-state index in [4.69, 9.17) is 9.47 Å². The molecule has 0 saturated heterocycles. The molecule has 3 aromatic carbocycles. The molecule has 0 aliphatic carbocycles. The Morgan fingerprint density at radius 1 is 0.690 bits per heavy atom. The highest BCUT2D eigenvalue weighted by molar-refractivity contribution is 5.92. The fraction of sp³-hybridized carbons (Fsp3) is 0.0909. The van der Waals surface area contributed by atoms with Crippen LogP contribution in [-0.2, 0) is 0 Å². The minimum absolute atomic E-state index is 0. The van der Waals surface area contributed by atoms with Crippen molar-refractivity contribution in [3.63, 3.8) is 0 Å². The Labute approximate surface area is 175 Å². The molecule has 2 N–H and O–H groups in total. The molecule has 4 rings (SSSR count). The normalized spacial score (nSPS) is 10.1. The number of nitrogens with one attached hydrogen (secondary N) is 2. The molecule has 7 heteroatoms. The summed E-state index contributed by atoms with van der Waals surface area (Å²) >= 11 is 0. The highest BCUT2D eigenvalue weighted by Gasteiger charge is 2.10. The fourth-order valence-electron chi connectivity index (χ4n) is 2.93. The van der Waals surface area contributed by atoms with Crippen molar-refractivity contribution in [3.05, 3.63) is 72.8 Å². The predicted molar refractivity (Wildman–Crippen MR) is 119 cm³/mol. The SMILES string of the molecule is COc1ccc(Nc2nc(Nc3ccccc3)c3ccccc3n2)cc1OC.Cl. The van der Waals surface area contributed by atoms with Crippen LogP contribution in [0.25, 0.3) is 10.9 Å². The van der Waals surface area contributed by atoms with Crippen LogP contribution in [0.4, 0.5) is 23.1 Å². The van der Waals surface area contributed by atoms with Gasteiger partial charge in [-0.15, -0.1) is 12.4 Å². The summed E-state index contributed by atoms with van der Waals surface area (Å²) < 4.78 is 10.7. The van der Waals surface area contributed by atoms with Gasteiger partial charge in [-0.05, 0) is 36.4 Å². The summed E-state index contributed by atoms with van der Waals surface area (Å²) in [5.41, 5.74) is 2.61. The first kappa shape index (κ1) is 20.2. The summed E-state index contributed by atoms with van der Waals surface area (Å²) in [6.45, 7) is 0. The van der Waals surface area contributed by atoms with E-state index < -0.39 is 0 Å². The molecule has 0 fully saturated rings. The van der Waals surface area contributed by atoms with Crippen LogP contribution in [0.3, 0.4) is 0 Å². The van der Waals surface area contributed by atoms with Gasteiger partial charge in [-0.1, -0.05) is 30.3 Å². The van der Waals surface area contributed by atoms with Gasteiger partial charge >= 0.3 is 0 Å². The number of methoxy groups -OCH3 is 2. The monoisotopic (exact) mass is 408 g/mol. The van der Waals surface area contributed by atoms with Crippen LogP contribution in [0.2, 0.25) is 0 Å². The quantitative estimate of drug-likeness (QED) is 0.435. The molecule has 0 radical (unpaired) electrons. The number of ether oxygens (including phenoxy) is 2. The summed E-state index contributed by atoms with van der Waals surface area (Å²) in [5, 5.41) is 7.58. The number of fused-ring (bicyclic) bond motifs is 1. The van der Waals surface area contributed by atoms with E-state index in [0.717, 1.165) is 28.1 Å². The second kappa shape index (κ2) is 9.12. The number of hydrogen-bond acceptors (Lipinski definition) is 6. The van der Waals surface area contributed by atoms with E-state index in [1.165, 1.54) is 0 Å². The van der Waals surface area contributed by atoms with Crippen LogP contribution >= 0.6 is 12.4 Å². The second-order valence-corrected chi connectivity index (χ2v) is 6.10. The molecule has 0 amide bonds. The van der Waals surface area contributed by atoms with E-state index >= 15 is 0 Å². The largest absolute Gasteiger partial charge is 0.493 e. The van der Waals surface area contributed by atoms with Crippen LogP contribution in [0.1, 0.15) is 0 Å². The molecule has 0 aliphatic heterocycles. The standard InChI is InChI=1S/C22H20N4O2.ClH/c1-27-19-13-12-16(14-20(19)28-2)24-22-25-18-11-7-6-10-17(18)21(26-22)23-15-8-4-3-5-9-15;/h3-14H,1-2H3,(H2,23,24,25,26);1H. The van der Waals surface area contributed by atoms with E-state index in [0.29, 0.717) is 17.4 Å². The molecule has 1 heterocycles. The van der Waals surface area contributed by atoms with Gasteiger partial charge in [0.05, 0.1) is 19.7 Å². The van der Waals surface area contributed by atoms with Crippen molar-refractivity contribution in [2.45, 2.75) is 0 Å². The second-order valence-electron chi connectivity index (χ2n) is 6.10. The van der Waals surface area contributed by atoms with Gasteiger partial charge in [0.2, 0.25) is 5.95 Å². The number of benzene rings is 3. The van der Waals surface area contributed by atoms with Gasteiger partial charge in [0.25, 0.3) is 0 Å². The zero-order chi connectivity index (χ0) is 19.3. The van der Waals surface area contributed by atoms with Crippen molar-refractivity contribution in [2.24, 2.45) is 0 Å². The van der Waals surface area contributed by atoms with E-state index in [1.54, 1.807) is 14.2 Å². The van der Waals surface area contributed by atoms with Gasteiger partial charge in [0.15, 0.2) is 11.5 Å². The third-order valence-electron chi connectivity index (χ3n) is 4.28. The number of nitrogens with zero attached hydrogens (tertiary/aromatic N) is 2. The van der Waals surface area contributed by atoms with Crippen LogP contribution < -0.4 is 20.1 Å². The summed E-state index contributed by atoms with van der Waals surface area (Å²) in [7, 11) is 3.22. The Kier molecular flexibility index (Phi) is 6.36. The predicted octanol–water partition coefficient (Wildman–Crippen LogP) is 5.56. The fourth-order valence-corrected chi connectivity index (χ4v) is 2.93. The summed E-state index contributed by atoms with van der Waals surface area (Å²) in [4.78, 5) is 9.32. The van der Waals surface area contributed by atoms with E-state index in [9.17, 15) is 0 Å². The summed E-state index contributed by atoms with van der Waals surface area (Å²) in [6.07, 6.45) is 0. The van der Waals surface area contributed by atoms with E-state index in [-0.39, 0.29) is 12.4 Å². The Hall–Kier alpha value is -3.51. The molecule has 0 saturated carbocycles. The smallest absolute Gasteiger partial charge is 0.229 e. The maximum Gasteiger partial charge on any atom is 0.229 e. The van der Waals surface area contributed by atoms with Crippen molar-refractivity contribution >= 4 is 46.5 Å². The average molecular weight is 409 g/mol. The Bertz CT molecular complexity index is 1110. The van der Waals surface area contributed by atoms with Crippen molar-refractivity contribution in [1.29, 1.82) is 0 Å². The highest BCUT2D eigenvalue weighted by atomic mass is 35.5. The Morgan fingerprint density at radius 3 is 2.17 bits per heavy atom. The van der Waals surface area contributed by atoms with Gasteiger partial charge in [-0.3, -0.25) is 0 Å². The summed E-state index contributed by atoms with van der Waals surface area (Å²) in [6, 6.07) is 23.4. The lowest BCUT2D eigenvalue weighted by molar-refractivity contribution is 0.355. The number of hydrogen-bond donors (Lipinski definition) is 2. The minimum atomic E-state index is 0. The zero-order valence-corrected chi connectivity index (χ0v) is 16.9. The van der Waals surface area contributed by atoms with Crippen LogP contribution in [0.15, 0.2) is 72.8 Å². The Balaban J connectivity index is 0.00000240. The molecule has 0 atom stereocenters. The lowest BCUT2D eigenvalue weighted by Gasteiger charge is -2.13. The summed E-state index contributed by atoms with van der Waals surface area (Å²) in [5.74, 6) is 2.53. The molecule has 29 heavy (non-hydrogen) atoms. The molecule has 1 aromatic heterocycles. The number of halogens is 1. The topological polar surface area (TPSA) is 68.3 Å². The average Bonchev–Trinajstić information content (AvgIpc) is 2.74. The first-order valence-corrected chi connectivity index (χ1v) is 8.85. The first-order chi connectivity index (χ1) is 13.8. The maximum absolute atomic E-state index is 5.37. The van der Waals surface area contributed by atoms with E-state index in [1.807, 2.05) is 72.8 Å². The number of aromatic nitrogens is 2. The molecule has 6 nitrogen and oxygen atoms in total. The zero-order valence-electron chi connectivity index (χ0n) is 16.0. The third kappa shape index (κ3) is 4.50. The first-order valence-electron chi connectivity index (χ1n) is 8.85. The molecule has 0 spiro atoms. The van der Waals surface area contributed by atoms with Crippen molar-refractivity contribution < 1.29 is 9.47 Å². The lowest BCUT2D eigenvalue weighted by Crippen LogP contribution is -2.02. The molecule has 0 unspecified atom stereocenters. The minimum Gasteiger partial charge on any atom is -0.493 e. The molecule has 0 aliphatic rings.